The molecule has 7 heteroatoms. The minimum Gasteiger partial charge on any atom is -0.490 e. The standard InChI is InChI=1S/C26H23ClN2O4/c1-17(33-26(30)19-8-11-23-24(14-19)32-13-5-12-31-23)25-28-21-15-20(27)9-10-22(21)29(25)16-18-6-3-2-4-7-18/h2-4,6-11,14-15,17H,5,12-13,16H2,1H3/t17-/m1/s1. The van der Waals surface area contributed by atoms with E-state index in [-0.39, 0.29) is 0 Å². The van der Waals surface area contributed by atoms with Gasteiger partial charge in [0.15, 0.2) is 23.4 Å². The lowest BCUT2D eigenvalue weighted by Gasteiger charge is -2.16. The molecule has 0 fully saturated rings. The molecule has 0 radical (unpaired) electrons. The molecule has 3 aromatic carbocycles. The van der Waals surface area contributed by atoms with Crippen LogP contribution < -0.4 is 9.47 Å². The van der Waals surface area contributed by atoms with Gasteiger partial charge in [0.25, 0.3) is 0 Å². The van der Waals surface area contributed by atoms with Crippen LogP contribution in [0.2, 0.25) is 5.02 Å². The molecule has 6 nitrogen and oxygen atoms in total. The number of carbonyl (C=O) groups excluding carboxylic acids is 1. The van der Waals surface area contributed by atoms with Crippen molar-refractivity contribution in [3.63, 3.8) is 0 Å². The van der Waals surface area contributed by atoms with Crippen molar-refractivity contribution < 1.29 is 19.0 Å². The summed E-state index contributed by atoms with van der Waals surface area (Å²) in [4.78, 5) is 17.7. The molecule has 2 heterocycles. The molecule has 0 spiro atoms. The quantitative estimate of drug-likeness (QED) is 0.350. The predicted octanol–water partition coefficient (Wildman–Crippen LogP) is 5.82. The summed E-state index contributed by atoms with van der Waals surface area (Å²) in [6.07, 6.45) is 0.219. The molecule has 5 rings (SSSR count). The normalized spacial score (nSPS) is 14.0. The van der Waals surface area contributed by atoms with E-state index < -0.39 is 12.1 Å². The minimum atomic E-state index is -0.580. The molecule has 4 aromatic rings. The molecule has 0 unspecified atom stereocenters. The van der Waals surface area contributed by atoms with E-state index in [0.29, 0.717) is 47.7 Å². The van der Waals surface area contributed by atoms with Crippen LogP contribution in [0.1, 0.15) is 41.2 Å². The average molecular weight is 463 g/mol. The van der Waals surface area contributed by atoms with Gasteiger partial charge in [-0.25, -0.2) is 9.78 Å². The Balaban J connectivity index is 1.44. The molecule has 33 heavy (non-hydrogen) atoms. The van der Waals surface area contributed by atoms with Crippen LogP contribution in [0.15, 0.2) is 66.7 Å². The van der Waals surface area contributed by atoms with E-state index in [9.17, 15) is 4.79 Å². The van der Waals surface area contributed by atoms with Gasteiger partial charge in [0.2, 0.25) is 0 Å². The number of benzene rings is 3. The highest BCUT2D eigenvalue weighted by Crippen LogP contribution is 2.32. The number of esters is 1. The zero-order valence-corrected chi connectivity index (χ0v) is 18.9. The first-order chi connectivity index (χ1) is 16.1. The SMILES string of the molecule is C[C@@H](OC(=O)c1ccc2c(c1)OCCCO2)c1nc2cc(Cl)ccc2n1Cc1ccccc1. The van der Waals surface area contributed by atoms with Gasteiger partial charge in [-0.1, -0.05) is 41.9 Å². The predicted molar refractivity (Wildman–Crippen MR) is 126 cm³/mol. The van der Waals surface area contributed by atoms with E-state index in [0.717, 1.165) is 23.0 Å². The van der Waals surface area contributed by atoms with Crippen LogP contribution in [0, 0.1) is 0 Å². The van der Waals surface area contributed by atoms with Crippen LogP contribution in [0.5, 0.6) is 11.5 Å². The molecule has 0 aliphatic carbocycles. The molecular weight excluding hydrogens is 440 g/mol. The topological polar surface area (TPSA) is 62.6 Å². The van der Waals surface area contributed by atoms with Gasteiger partial charge < -0.3 is 18.8 Å². The maximum atomic E-state index is 13.0. The number of hydrogen-bond donors (Lipinski definition) is 0. The van der Waals surface area contributed by atoms with Crippen molar-refractivity contribution in [1.29, 1.82) is 0 Å². The Morgan fingerprint density at radius 2 is 1.85 bits per heavy atom. The number of halogens is 1. The zero-order valence-electron chi connectivity index (χ0n) is 18.2. The Morgan fingerprint density at radius 1 is 1.06 bits per heavy atom. The van der Waals surface area contributed by atoms with E-state index in [4.69, 9.17) is 30.8 Å². The number of carbonyl (C=O) groups is 1. The summed E-state index contributed by atoms with van der Waals surface area (Å²) < 4.78 is 19.2. The fourth-order valence-electron chi connectivity index (χ4n) is 3.94. The molecule has 0 saturated carbocycles. The second-order valence-electron chi connectivity index (χ2n) is 7.93. The van der Waals surface area contributed by atoms with Gasteiger partial charge in [0.05, 0.1) is 29.8 Å². The molecule has 1 aliphatic rings. The van der Waals surface area contributed by atoms with Crippen molar-refractivity contribution in [1.82, 2.24) is 9.55 Å². The van der Waals surface area contributed by atoms with Gasteiger partial charge in [0, 0.05) is 18.0 Å². The van der Waals surface area contributed by atoms with Gasteiger partial charge >= 0.3 is 5.97 Å². The van der Waals surface area contributed by atoms with E-state index in [1.807, 2.05) is 43.3 Å². The first kappa shape index (κ1) is 21.3. The van der Waals surface area contributed by atoms with Crippen LogP contribution in [-0.4, -0.2) is 28.7 Å². The highest BCUT2D eigenvalue weighted by molar-refractivity contribution is 6.31. The van der Waals surface area contributed by atoms with Gasteiger partial charge in [-0.05, 0) is 48.9 Å². The van der Waals surface area contributed by atoms with Gasteiger partial charge in [-0.15, -0.1) is 0 Å². The first-order valence-electron chi connectivity index (χ1n) is 10.9. The highest BCUT2D eigenvalue weighted by Gasteiger charge is 2.22. The molecule has 0 saturated heterocycles. The maximum Gasteiger partial charge on any atom is 0.338 e. The van der Waals surface area contributed by atoms with Crippen molar-refractivity contribution in [2.75, 3.05) is 13.2 Å². The largest absolute Gasteiger partial charge is 0.490 e. The average Bonchev–Trinajstić information content (AvgIpc) is 3.00. The van der Waals surface area contributed by atoms with Crippen molar-refractivity contribution >= 4 is 28.6 Å². The summed E-state index contributed by atoms with van der Waals surface area (Å²) in [5.41, 5.74) is 3.21. The molecule has 0 amide bonds. The van der Waals surface area contributed by atoms with Crippen LogP contribution >= 0.6 is 11.6 Å². The van der Waals surface area contributed by atoms with Gasteiger partial charge in [0.1, 0.15) is 0 Å². The highest BCUT2D eigenvalue weighted by atomic mass is 35.5. The number of nitrogens with zero attached hydrogens (tertiary/aromatic N) is 2. The Morgan fingerprint density at radius 3 is 2.67 bits per heavy atom. The van der Waals surface area contributed by atoms with Crippen LogP contribution in [0.25, 0.3) is 11.0 Å². The number of imidazole rings is 1. The summed E-state index contributed by atoms with van der Waals surface area (Å²) in [5, 5.41) is 0.607. The number of hydrogen-bond acceptors (Lipinski definition) is 5. The number of fused-ring (bicyclic) bond motifs is 2. The van der Waals surface area contributed by atoms with Gasteiger partial charge in [-0.2, -0.15) is 0 Å². The zero-order chi connectivity index (χ0) is 22.8. The van der Waals surface area contributed by atoms with Crippen LogP contribution in [-0.2, 0) is 11.3 Å². The summed E-state index contributed by atoms with van der Waals surface area (Å²) in [7, 11) is 0. The van der Waals surface area contributed by atoms with E-state index in [2.05, 4.69) is 16.7 Å². The second kappa shape index (κ2) is 9.16. The van der Waals surface area contributed by atoms with Crippen molar-refractivity contribution in [2.45, 2.75) is 26.0 Å². The third-order valence-electron chi connectivity index (χ3n) is 5.55. The van der Waals surface area contributed by atoms with E-state index in [1.165, 1.54) is 0 Å². The smallest absolute Gasteiger partial charge is 0.338 e. The third-order valence-corrected chi connectivity index (χ3v) is 5.79. The molecule has 0 N–H and O–H groups in total. The lowest BCUT2D eigenvalue weighted by Crippen LogP contribution is -2.15. The van der Waals surface area contributed by atoms with Crippen LogP contribution in [0.3, 0.4) is 0 Å². The van der Waals surface area contributed by atoms with E-state index in [1.54, 1.807) is 18.2 Å². The monoisotopic (exact) mass is 462 g/mol. The summed E-state index contributed by atoms with van der Waals surface area (Å²) >= 11 is 6.20. The van der Waals surface area contributed by atoms with Crippen molar-refractivity contribution in [2.24, 2.45) is 0 Å². The third kappa shape index (κ3) is 4.52. The first-order valence-corrected chi connectivity index (χ1v) is 11.3. The second-order valence-corrected chi connectivity index (χ2v) is 8.37. The Labute approximate surface area is 196 Å². The van der Waals surface area contributed by atoms with Crippen molar-refractivity contribution in [3.8, 4) is 11.5 Å². The Bertz CT molecular complexity index is 1300. The fourth-order valence-corrected chi connectivity index (χ4v) is 4.10. The molecule has 1 aromatic heterocycles. The maximum absolute atomic E-state index is 13.0. The molecule has 1 aliphatic heterocycles. The molecular formula is C26H23ClN2O4. The Kier molecular flexibility index (Phi) is 5.92. The minimum absolute atomic E-state index is 0.403. The van der Waals surface area contributed by atoms with Crippen molar-refractivity contribution in [3.05, 3.63) is 88.7 Å². The van der Waals surface area contributed by atoms with Gasteiger partial charge in [-0.3, -0.25) is 0 Å². The Hall–Kier alpha value is -3.51. The number of rotatable bonds is 5. The summed E-state index contributed by atoms with van der Waals surface area (Å²) in [5.74, 6) is 1.40. The number of ether oxygens (including phenoxy) is 3. The fraction of sp³-hybridized carbons (Fsp3) is 0.231. The molecule has 1 atom stereocenters. The summed E-state index contributed by atoms with van der Waals surface area (Å²) in [6.45, 7) is 3.56. The van der Waals surface area contributed by atoms with E-state index >= 15 is 0 Å². The summed E-state index contributed by atoms with van der Waals surface area (Å²) in [6, 6.07) is 20.8. The lowest BCUT2D eigenvalue weighted by molar-refractivity contribution is 0.0314. The number of aromatic nitrogens is 2. The van der Waals surface area contributed by atoms with Crippen LogP contribution in [0.4, 0.5) is 0 Å². The lowest BCUT2D eigenvalue weighted by atomic mass is 10.2. The molecule has 0 bridgehead atoms. The molecule has 168 valence electrons.